The van der Waals surface area contributed by atoms with Gasteiger partial charge in [-0.2, -0.15) is 0 Å². The van der Waals surface area contributed by atoms with E-state index >= 15 is 0 Å². The van der Waals surface area contributed by atoms with Gasteiger partial charge in [-0.15, -0.1) is 0 Å². The fraction of sp³-hybridized carbons (Fsp3) is 0.333. The van der Waals surface area contributed by atoms with Crippen LogP contribution in [0, 0.1) is 0 Å². The third-order valence-electron chi connectivity index (χ3n) is 6.02. The van der Waals surface area contributed by atoms with Crippen LogP contribution in [0.3, 0.4) is 0 Å². The summed E-state index contributed by atoms with van der Waals surface area (Å²) in [7, 11) is -4.20. The number of hydrogen-bond donors (Lipinski definition) is 1. The summed E-state index contributed by atoms with van der Waals surface area (Å²) in [4.78, 5) is 28.6. The summed E-state index contributed by atoms with van der Waals surface area (Å²) in [6, 6.07) is 18.7. The molecule has 11 heteroatoms. The molecule has 3 rings (SSSR count). The maximum atomic E-state index is 14.0. The van der Waals surface area contributed by atoms with Gasteiger partial charge < -0.3 is 15.0 Å². The molecule has 0 radical (unpaired) electrons. The average molecular weight is 665 g/mol. The second-order valence-corrected chi connectivity index (χ2v) is 13.7. The zero-order valence-electron chi connectivity index (χ0n) is 23.7. The van der Waals surface area contributed by atoms with Gasteiger partial charge in [0, 0.05) is 21.6 Å². The van der Waals surface area contributed by atoms with E-state index in [2.05, 4.69) is 21.2 Å². The van der Waals surface area contributed by atoms with Crippen LogP contribution in [0.2, 0.25) is 5.02 Å². The number of hydrogen-bond acceptors (Lipinski definition) is 5. The molecule has 1 atom stereocenters. The second-order valence-electron chi connectivity index (χ2n) is 10.5. The Morgan fingerprint density at radius 3 is 2.22 bits per heavy atom. The van der Waals surface area contributed by atoms with E-state index < -0.39 is 34.1 Å². The Hall–Kier alpha value is -3.08. The normalized spacial score (nSPS) is 12.4. The molecule has 0 saturated heterocycles. The molecule has 41 heavy (non-hydrogen) atoms. The number of rotatable bonds is 11. The first-order chi connectivity index (χ1) is 19.2. The summed E-state index contributed by atoms with van der Waals surface area (Å²) in [5, 5.41) is 3.30. The molecular weight excluding hydrogens is 630 g/mol. The molecule has 0 heterocycles. The molecule has 220 valence electrons. The fourth-order valence-corrected chi connectivity index (χ4v) is 6.01. The van der Waals surface area contributed by atoms with Crippen molar-refractivity contribution in [2.45, 2.75) is 57.6 Å². The highest BCUT2D eigenvalue weighted by Crippen LogP contribution is 2.27. The van der Waals surface area contributed by atoms with Gasteiger partial charge in [0.15, 0.2) is 0 Å². The SMILES string of the molecule is CCOc1ccc(N(CC(=O)N(Cc2cccc(Br)c2)[C@@H](C)C(=O)NC(C)(C)C)S(=O)(=O)c2ccc(Cl)cc2)cc1. The maximum absolute atomic E-state index is 14.0. The van der Waals surface area contributed by atoms with Crippen LogP contribution in [0.15, 0.2) is 82.2 Å². The quantitative estimate of drug-likeness (QED) is 0.270. The molecule has 0 spiro atoms. The van der Waals surface area contributed by atoms with Gasteiger partial charge in [-0.05, 0) is 101 Å². The molecule has 0 unspecified atom stereocenters. The van der Waals surface area contributed by atoms with E-state index in [9.17, 15) is 18.0 Å². The third kappa shape index (κ3) is 8.95. The highest BCUT2D eigenvalue weighted by molar-refractivity contribution is 9.10. The summed E-state index contributed by atoms with van der Waals surface area (Å²) in [5.74, 6) is -0.336. The summed E-state index contributed by atoms with van der Waals surface area (Å²) in [6.45, 7) is 9.03. The standard InChI is InChI=1S/C30H35BrClN3O5S/c1-6-40-26-14-12-25(13-15-26)35(41(38,39)27-16-10-24(32)11-17-27)20-28(36)34(19-22-8-7-9-23(31)18-22)21(2)29(37)33-30(3,4)5/h7-18,21H,6,19-20H2,1-5H3,(H,33,37)/t21-/m0/s1. The zero-order chi connectivity index (χ0) is 30.4. The number of nitrogens with one attached hydrogen (secondary N) is 1. The van der Waals surface area contributed by atoms with Gasteiger partial charge in [-0.3, -0.25) is 13.9 Å². The molecule has 0 aliphatic carbocycles. The number of sulfonamides is 1. The predicted molar refractivity (Wildman–Crippen MR) is 166 cm³/mol. The van der Waals surface area contributed by atoms with E-state index in [4.69, 9.17) is 16.3 Å². The first-order valence-electron chi connectivity index (χ1n) is 13.1. The van der Waals surface area contributed by atoms with Crippen molar-refractivity contribution in [3.8, 4) is 5.75 Å². The van der Waals surface area contributed by atoms with Gasteiger partial charge in [0.1, 0.15) is 18.3 Å². The van der Waals surface area contributed by atoms with Crippen LogP contribution >= 0.6 is 27.5 Å². The van der Waals surface area contributed by atoms with E-state index in [-0.39, 0.29) is 23.0 Å². The Morgan fingerprint density at radius 1 is 1.02 bits per heavy atom. The number of anilines is 1. The summed E-state index contributed by atoms with van der Waals surface area (Å²) in [6.07, 6.45) is 0. The van der Waals surface area contributed by atoms with Gasteiger partial charge in [0.25, 0.3) is 10.0 Å². The van der Waals surface area contributed by atoms with Crippen molar-refractivity contribution < 1.29 is 22.7 Å². The van der Waals surface area contributed by atoms with Crippen LogP contribution in [0.1, 0.15) is 40.2 Å². The van der Waals surface area contributed by atoms with Gasteiger partial charge in [-0.25, -0.2) is 8.42 Å². The first-order valence-corrected chi connectivity index (χ1v) is 15.7. The van der Waals surface area contributed by atoms with E-state index in [1.807, 2.05) is 52.0 Å². The van der Waals surface area contributed by atoms with Crippen molar-refractivity contribution >= 4 is 55.1 Å². The predicted octanol–water partition coefficient (Wildman–Crippen LogP) is 6.03. The highest BCUT2D eigenvalue weighted by atomic mass is 79.9. The molecule has 8 nitrogen and oxygen atoms in total. The minimum absolute atomic E-state index is 0.0272. The Balaban J connectivity index is 2.04. The van der Waals surface area contributed by atoms with Gasteiger partial charge in [0.05, 0.1) is 17.2 Å². The number of nitrogens with zero attached hydrogens (tertiary/aromatic N) is 2. The molecule has 0 aliphatic rings. The first kappa shape index (κ1) is 32.4. The monoisotopic (exact) mass is 663 g/mol. The Labute approximate surface area is 255 Å². The number of halogens is 2. The number of ether oxygens (including phenoxy) is 1. The van der Waals surface area contributed by atoms with Crippen LogP contribution in [0.4, 0.5) is 5.69 Å². The fourth-order valence-electron chi connectivity index (χ4n) is 4.03. The number of carbonyl (C=O) groups excluding carboxylic acids is 2. The Kier molecular flexibility index (Phi) is 10.9. The molecule has 0 bridgehead atoms. The zero-order valence-corrected chi connectivity index (χ0v) is 26.9. The summed E-state index contributed by atoms with van der Waals surface area (Å²) >= 11 is 9.46. The smallest absolute Gasteiger partial charge is 0.264 e. The van der Waals surface area contributed by atoms with Crippen molar-refractivity contribution in [1.82, 2.24) is 10.2 Å². The van der Waals surface area contributed by atoms with E-state index in [0.717, 1.165) is 14.3 Å². The second kappa shape index (κ2) is 13.7. The van der Waals surface area contributed by atoms with Crippen molar-refractivity contribution in [1.29, 1.82) is 0 Å². The van der Waals surface area contributed by atoms with Crippen molar-refractivity contribution in [3.63, 3.8) is 0 Å². The van der Waals surface area contributed by atoms with Gasteiger partial charge >= 0.3 is 0 Å². The Morgan fingerprint density at radius 2 is 1.66 bits per heavy atom. The van der Waals surface area contributed by atoms with E-state index in [0.29, 0.717) is 17.4 Å². The molecule has 1 N–H and O–H groups in total. The van der Waals surface area contributed by atoms with Gasteiger partial charge in [-0.1, -0.05) is 39.7 Å². The van der Waals surface area contributed by atoms with Crippen LogP contribution in [0.5, 0.6) is 5.75 Å². The van der Waals surface area contributed by atoms with Crippen molar-refractivity contribution in [2.75, 3.05) is 17.5 Å². The number of carbonyl (C=O) groups is 2. The third-order valence-corrected chi connectivity index (χ3v) is 8.56. The van der Waals surface area contributed by atoms with Crippen LogP contribution in [-0.2, 0) is 26.2 Å². The van der Waals surface area contributed by atoms with Crippen LogP contribution in [-0.4, -0.2) is 49.9 Å². The lowest BCUT2D eigenvalue weighted by Crippen LogP contribution is -2.54. The molecule has 2 amide bonds. The van der Waals surface area contributed by atoms with E-state index in [1.165, 1.54) is 29.2 Å². The number of benzene rings is 3. The van der Waals surface area contributed by atoms with Crippen molar-refractivity contribution in [2.24, 2.45) is 0 Å². The van der Waals surface area contributed by atoms with Gasteiger partial charge in [0.2, 0.25) is 11.8 Å². The summed E-state index contributed by atoms with van der Waals surface area (Å²) in [5.41, 5.74) is 0.518. The molecule has 0 aromatic heterocycles. The van der Waals surface area contributed by atoms with Crippen LogP contribution < -0.4 is 14.4 Å². The van der Waals surface area contributed by atoms with E-state index in [1.54, 1.807) is 31.2 Å². The Bertz CT molecular complexity index is 1460. The number of amides is 2. The average Bonchev–Trinajstić information content (AvgIpc) is 2.90. The highest BCUT2D eigenvalue weighted by Gasteiger charge is 2.33. The lowest BCUT2D eigenvalue weighted by Gasteiger charge is -2.33. The minimum Gasteiger partial charge on any atom is -0.494 e. The lowest BCUT2D eigenvalue weighted by molar-refractivity contribution is -0.140. The lowest BCUT2D eigenvalue weighted by atomic mass is 10.1. The molecule has 3 aromatic rings. The van der Waals surface area contributed by atoms with Crippen molar-refractivity contribution in [3.05, 3.63) is 87.9 Å². The topological polar surface area (TPSA) is 96.0 Å². The molecule has 0 aliphatic heterocycles. The van der Waals surface area contributed by atoms with Crippen LogP contribution in [0.25, 0.3) is 0 Å². The molecule has 0 saturated carbocycles. The molecular formula is C30H35BrClN3O5S. The largest absolute Gasteiger partial charge is 0.494 e. The maximum Gasteiger partial charge on any atom is 0.264 e. The molecule has 0 fully saturated rings. The summed E-state index contributed by atoms with van der Waals surface area (Å²) < 4.78 is 35.2. The molecule has 3 aromatic carbocycles. The minimum atomic E-state index is -4.20.